The average Bonchev–Trinajstić information content (AvgIpc) is 2.45. The van der Waals surface area contributed by atoms with Gasteiger partial charge in [0.25, 0.3) is 0 Å². The monoisotopic (exact) mass is 189 g/mol. The lowest BCUT2D eigenvalue weighted by atomic mass is 9.87. The zero-order valence-corrected chi connectivity index (χ0v) is 9.54. The number of hydrogen-bond donors (Lipinski definition) is 0. The third-order valence-electron chi connectivity index (χ3n) is 2.28. The van der Waals surface area contributed by atoms with Crippen molar-refractivity contribution in [2.75, 3.05) is 6.54 Å². The van der Waals surface area contributed by atoms with Gasteiger partial charge < -0.3 is 0 Å². The largest absolute Gasteiger partial charge is 0.284 e. The maximum absolute atomic E-state index is 4.45. The molecule has 0 aliphatic carbocycles. The van der Waals surface area contributed by atoms with Crippen LogP contribution >= 0.6 is 0 Å². The minimum atomic E-state index is 0.261. The molecular formula is C13H19N. The van der Waals surface area contributed by atoms with Gasteiger partial charge in [0.15, 0.2) is 0 Å². The summed E-state index contributed by atoms with van der Waals surface area (Å²) in [6, 6.07) is 8.39. The van der Waals surface area contributed by atoms with Gasteiger partial charge in [-0.25, -0.2) is 0 Å². The van der Waals surface area contributed by atoms with Crippen LogP contribution in [-0.4, -0.2) is 6.54 Å². The Bertz CT molecular complexity index is 289. The highest BCUT2D eigenvalue weighted by atomic mass is 14.9. The van der Waals surface area contributed by atoms with Crippen molar-refractivity contribution in [3.63, 3.8) is 0 Å². The zero-order valence-electron chi connectivity index (χ0n) is 9.54. The molecule has 1 heteroatoms. The van der Waals surface area contributed by atoms with Crippen LogP contribution < -0.4 is 5.32 Å². The van der Waals surface area contributed by atoms with E-state index in [1.807, 2.05) is 26.3 Å². The van der Waals surface area contributed by atoms with E-state index in [1.165, 1.54) is 11.3 Å². The van der Waals surface area contributed by atoms with Gasteiger partial charge in [-0.3, -0.25) is 5.32 Å². The summed E-state index contributed by atoms with van der Waals surface area (Å²) in [4.78, 5) is 0. The van der Waals surface area contributed by atoms with E-state index in [4.69, 9.17) is 0 Å². The lowest BCUT2D eigenvalue weighted by molar-refractivity contribution is 0.547. The normalized spacial score (nSPS) is 16.3. The second kappa shape index (κ2) is 4.50. The maximum atomic E-state index is 4.45. The standard InChI is InChI=1S/C10H12N.C3H7/c1-10(2)7-11-9-6-4-3-5-8(9)10;1-3-2/h3-6H,7H2,1-2H3;3H,1-2H3. The second-order valence-corrected chi connectivity index (χ2v) is 4.29. The molecule has 1 aromatic carbocycles. The van der Waals surface area contributed by atoms with Crippen molar-refractivity contribution in [1.82, 2.24) is 5.32 Å². The summed E-state index contributed by atoms with van der Waals surface area (Å²) in [5, 5.41) is 4.45. The van der Waals surface area contributed by atoms with Crippen molar-refractivity contribution < 1.29 is 0 Å². The van der Waals surface area contributed by atoms with Crippen LogP contribution in [0.4, 0.5) is 5.69 Å². The Labute approximate surface area is 87.5 Å². The molecule has 1 aliphatic heterocycles. The number of benzene rings is 1. The van der Waals surface area contributed by atoms with Gasteiger partial charge in [-0.05, 0) is 18.1 Å². The summed E-state index contributed by atoms with van der Waals surface area (Å²) in [5.41, 5.74) is 2.83. The Morgan fingerprint density at radius 1 is 1.21 bits per heavy atom. The van der Waals surface area contributed by atoms with E-state index in [-0.39, 0.29) is 5.41 Å². The second-order valence-electron chi connectivity index (χ2n) is 4.29. The third kappa shape index (κ3) is 2.28. The summed E-state index contributed by atoms with van der Waals surface area (Å²) in [5.74, 6) is 0. The van der Waals surface area contributed by atoms with Crippen LogP contribution in [-0.2, 0) is 5.41 Å². The first-order valence-electron chi connectivity index (χ1n) is 5.13. The first-order valence-corrected chi connectivity index (χ1v) is 5.13. The quantitative estimate of drug-likeness (QED) is 0.593. The molecule has 76 valence electrons. The molecule has 0 atom stereocenters. The molecule has 0 saturated heterocycles. The van der Waals surface area contributed by atoms with Gasteiger partial charge in [-0.2, -0.15) is 0 Å². The molecule has 0 unspecified atom stereocenters. The van der Waals surface area contributed by atoms with Gasteiger partial charge >= 0.3 is 0 Å². The van der Waals surface area contributed by atoms with E-state index in [2.05, 4.69) is 37.4 Å². The fourth-order valence-corrected chi connectivity index (χ4v) is 1.55. The Morgan fingerprint density at radius 2 is 1.79 bits per heavy atom. The number of fused-ring (bicyclic) bond motifs is 1. The highest BCUT2D eigenvalue weighted by Crippen LogP contribution is 2.35. The highest BCUT2D eigenvalue weighted by Gasteiger charge is 2.29. The SMILES string of the molecule is CC1(C)C[N]c2ccccc21.C[CH]C. The minimum absolute atomic E-state index is 0.261. The topological polar surface area (TPSA) is 14.1 Å². The van der Waals surface area contributed by atoms with Crippen LogP contribution in [0.25, 0.3) is 0 Å². The van der Waals surface area contributed by atoms with E-state index < -0.39 is 0 Å². The first-order chi connectivity index (χ1) is 6.61. The van der Waals surface area contributed by atoms with Crippen molar-refractivity contribution in [3.05, 3.63) is 36.2 Å². The van der Waals surface area contributed by atoms with Crippen molar-refractivity contribution in [2.45, 2.75) is 33.1 Å². The molecule has 1 nitrogen and oxygen atoms in total. The molecule has 0 saturated carbocycles. The number of para-hydroxylation sites is 1. The number of nitrogens with zero attached hydrogens (tertiary/aromatic N) is 1. The van der Waals surface area contributed by atoms with Crippen molar-refractivity contribution >= 4 is 5.69 Å². The third-order valence-corrected chi connectivity index (χ3v) is 2.28. The number of hydrogen-bond acceptors (Lipinski definition) is 0. The van der Waals surface area contributed by atoms with Crippen molar-refractivity contribution in [3.8, 4) is 0 Å². The fraction of sp³-hybridized carbons (Fsp3) is 0.462. The van der Waals surface area contributed by atoms with Gasteiger partial charge in [0, 0.05) is 12.0 Å². The van der Waals surface area contributed by atoms with Crippen LogP contribution in [0.5, 0.6) is 0 Å². The summed E-state index contributed by atoms with van der Waals surface area (Å²) in [6.07, 6.45) is 2.00. The molecule has 0 N–H and O–H groups in total. The smallest absolute Gasteiger partial charge is 0.0612 e. The molecular weight excluding hydrogens is 170 g/mol. The zero-order chi connectivity index (χ0) is 10.6. The fourth-order valence-electron chi connectivity index (χ4n) is 1.55. The van der Waals surface area contributed by atoms with Crippen LogP contribution in [0.1, 0.15) is 33.3 Å². The average molecular weight is 189 g/mol. The summed E-state index contributed by atoms with van der Waals surface area (Å²) >= 11 is 0. The van der Waals surface area contributed by atoms with Gasteiger partial charge in [0.05, 0.1) is 5.69 Å². The maximum Gasteiger partial charge on any atom is 0.0612 e. The Morgan fingerprint density at radius 3 is 2.36 bits per heavy atom. The molecule has 0 amide bonds. The highest BCUT2D eigenvalue weighted by molar-refractivity contribution is 5.52. The van der Waals surface area contributed by atoms with E-state index in [0.29, 0.717) is 0 Å². The lowest BCUT2D eigenvalue weighted by Gasteiger charge is -2.15. The van der Waals surface area contributed by atoms with Crippen LogP contribution in [0.15, 0.2) is 24.3 Å². The Kier molecular flexibility index (Phi) is 3.56. The van der Waals surface area contributed by atoms with Crippen LogP contribution in [0.2, 0.25) is 0 Å². The predicted molar refractivity (Wildman–Crippen MR) is 61.8 cm³/mol. The van der Waals surface area contributed by atoms with Gasteiger partial charge in [0.1, 0.15) is 0 Å². The van der Waals surface area contributed by atoms with Gasteiger partial charge in [-0.1, -0.05) is 45.9 Å². The van der Waals surface area contributed by atoms with E-state index in [1.54, 1.807) is 0 Å². The Hall–Kier alpha value is -0.980. The molecule has 0 bridgehead atoms. The van der Waals surface area contributed by atoms with Crippen molar-refractivity contribution in [1.29, 1.82) is 0 Å². The number of rotatable bonds is 0. The molecule has 1 aromatic rings. The predicted octanol–water partition coefficient (Wildman–Crippen LogP) is 3.44. The van der Waals surface area contributed by atoms with Crippen molar-refractivity contribution in [2.24, 2.45) is 0 Å². The van der Waals surface area contributed by atoms with E-state index in [9.17, 15) is 0 Å². The molecule has 2 rings (SSSR count). The van der Waals surface area contributed by atoms with E-state index >= 15 is 0 Å². The molecule has 14 heavy (non-hydrogen) atoms. The molecule has 0 spiro atoms. The van der Waals surface area contributed by atoms with Gasteiger partial charge in [-0.15, -0.1) is 0 Å². The summed E-state index contributed by atoms with van der Waals surface area (Å²) < 4.78 is 0. The summed E-state index contributed by atoms with van der Waals surface area (Å²) in [6.45, 7) is 9.41. The molecule has 1 aliphatic rings. The molecule has 0 fully saturated rings. The molecule has 1 heterocycles. The first kappa shape index (κ1) is 11.1. The van der Waals surface area contributed by atoms with Gasteiger partial charge in [0.2, 0.25) is 0 Å². The summed E-state index contributed by atoms with van der Waals surface area (Å²) in [7, 11) is 0. The van der Waals surface area contributed by atoms with Crippen LogP contribution in [0, 0.1) is 6.42 Å². The minimum Gasteiger partial charge on any atom is -0.284 e. The van der Waals surface area contributed by atoms with E-state index in [0.717, 1.165) is 6.54 Å². The molecule has 0 aromatic heterocycles. The Balaban J connectivity index is 0.000000293. The van der Waals surface area contributed by atoms with Crippen LogP contribution in [0.3, 0.4) is 0 Å². The molecule has 2 radical (unpaired) electrons. The lowest BCUT2D eigenvalue weighted by Crippen LogP contribution is -2.18.